The Labute approximate surface area is 232 Å². The highest BCUT2D eigenvalue weighted by Gasteiger charge is 2.32. The van der Waals surface area contributed by atoms with E-state index in [-0.39, 0.29) is 17.8 Å². The zero-order valence-corrected chi connectivity index (χ0v) is 21.6. The number of pyridine rings is 1. The maximum atomic E-state index is 13.3. The number of halogens is 3. The molecule has 1 aliphatic rings. The summed E-state index contributed by atoms with van der Waals surface area (Å²) in [7, 11) is 0. The second-order valence-corrected chi connectivity index (χ2v) is 9.70. The number of nitrogens with one attached hydrogen (secondary N) is 1. The van der Waals surface area contributed by atoms with Crippen LogP contribution in [0.4, 0.5) is 13.2 Å². The number of ketones is 1. The number of amides is 2. The van der Waals surface area contributed by atoms with Gasteiger partial charge in [-0.25, -0.2) is 9.67 Å². The number of alkyl halides is 3. The molecule has 4 aromatic rings. The van der Waals surface area contributed by atoms with Gasteiger partial charge in [0.2, 0.25) is 5.78 Å². The van der Waals surface area contributed by atoms with Crippen LogP contribution in [0, 0.1) is 0 Å². The Morgan fingerprint density at radius 3 is 2.46 bits per heavy atom. The van der Waals surface area contributed by atoms with Crippen molar-refractivity contribution in [3.63, 3.8) is 0 Å². The number of rotatable bonds is 9. The molecule has 210 valence electrons. The summed E-state index contributed by atoms with van der Waals surface area (Å²) < 4.78 is 40.7. The normalized spacial score (nSPS) is 13.9. The van der Waals surface area contributed by atoms with Crippen molar-refractivity contribution < 1.29 is 27.6 Å². The topological polar surface area (TPSA) is 123 Å². The van der Waals surface area contributed by atoms with Gasteiger partial charge in [0.15, 0.2) is 5.82 Å². The summed E-state index contributed by atoms with van der Waals surface area (Å²) in [6.07, 6.45) is -1.23. The maximum Gasteiger partial charge on any atom is 0.416 e. The molecule has 0 aliphatic carbocycles. The van der Waals surface area contributed by atoms with Gasteiger partial charge in [-0.15, -0.1) is 0 Å². The van der Waals surface area contributed by atoms with Crippen LogP contribution >= 0.6 is 0 Å². The molecule has 1 unspecified atom stereocenters. The lowest BCUT2D eigenvalue weighted by molar-refractivity contribution is -0.137. The highest BCUT2D eigenvalue weighted by molar-refractivity contribution is 6.38. The zero-order valence-electron chi connectivity index (χ0n) is 21.6. The first kappa shape index (κ1) is 27.7. The summed E-state index contributed by atoms with van der Waals surface area (Å²) in [5.74, 6) is -2.53. The van der Waals surface area contributed by atoms with Crippen LogP contribution in [0.25, 0.3) is 5.82 Å². The minimum Gasteiger partial charge on any atom is -0.363 e. The van der Waals surface area contributed by atoms with Gasteiger partial charge < -0.3 is 11.1 Å². The molecule has 0 saturated carbocycles. The van der Waals surface area contributed by atoms with Gasteiger partial charge in [-0.05, 0) is 47.0 Å². The van der Waals surface area contributed by atoms with Crippen LogP contribution in [-0.4, -0.2) is 43.3 Å². The third-order valence-corrected chi connectivity index (χ3v) is 6.75. The number of Topliss-reactive ketones (excluding diaryl/α,β-unsaturated/α-hetero) is 1. The van der Waals surface area contributed by atoms with Crippen LogP contribution in [-0.2, 0) is 41.8 Å². The van der Waals surface area contributed by atoms with Crippen molar-refractivity contribution in [1.29, 1.82) is 0 Å². The number of hydrogen-bond donors (Lipinski definition) is 2. The number of primary amides is 1. The Morgan fingerprint density at radius 2 is 1.73 bits per heavy atom. The number of benzene rings is 2. The van der Waals surface area contributed by atoms with E-state index >= 15 is 0 Å². The number of nitrogens with two attached hydrogens (primary N) is 1. The van der Waals surface area contributed by atoms with Crippen molar-refractivity contribution in [3.8, 4) is 5.82 Å². The lowest BCUT2D eigenvalue weighted by Gasteiger charge is -2.17. The molecule has 5 rings (SSSR count). The molecule has 41 heavy (non-hydrogen) atoms. The summed E-state index contributed by atoms with van der Waals surface area (Å²) in [5, 5.41) is 7.13. The fourth-order valence-electron chi connectivity index (χ4n) is 4.77. The summed E-state index contributed by atoms with van der Waals surface area (Å²) in [4.78, 5) is 43.7. The van der Waals surface area contributed by atoms with Crippen molar-refractivity contribution in [3.05, 3.63) is 113 Å². The van der Waals surface area contributed by atoms with Crippen molar-refractivity contribution in [1.82, 2.24) is 25.0 Å². The standard InChI is InChI=1S/C29H25F3N6O3/c30-29(31,32)21-9-8-19-15-37(16-20(19)14-21)17-22-10-12-38(36-22)27-23(7-4-11-34-27)28(41)35-24(25(39)26(33)40)13-18-5-2-1-3-6-18/h1-12,14,24H,13,15-17H2,(H2,33,40)(H,35,41). The van der Waals surface area contributed by atoms with E-state index in [1.165, 1.54) is 29.1 Å². The predicted molar refractivity (Wildman–Crippen MR) is 141 cm³/mol. The van der Waals surface area contributed by atoms with E-state index in [9.17, 15) is 27.6 Å². The van der Waals surface area contributed by atoms with Crippen molar-refractivity contribution >= 4 is 17.6 Å². The number of aromatic nitrogens is 3. The molecule has 3 N–H and O–H groups in total. The highest BCUT2D eigenvalue weighted by Crippen LogP contribution is 2.33. The first-order valence-corrected chi connectivity index (χ1v) is 12.7. The van der Waals surface area contributed by atoms with Crippen LogP contribution in [0.1, 0.15) is 38.3 Å². The third kappa shape index (κ3) is 6.33. The summed E-state index contributed by atoms with van der Waals surface area (Å²) >= 11 is 0. The van der Waals surface area contributed by atoms with E-state index in [1.54, 1.807) is 48.7 Å². The minimum absolute atomic E-state index is 0.0680. The van der Waals surface area contributed by atoms with Gasteiger partial charge in [-0.2, -0.15) is 18.3 Å². The fourth-order valence-corrected chi connectivity index (χ4v) is 4.77. The van der Waals surface area contributed by atoms with Crippen LogP contribution in [0.5, 0.6) is 0 Å². The number of fused-ring (bicyclic) bond motifs is 1. The molecular formula is C29H25F3N6O3. The molecule has 2 aromatic carbocycles. The van der Waals surface area contributed by atoms with Crippen LogP contribution in [0.15, 0.2) is 79.1 Å². The molecule has 0 fully saturated rings. The molecule has 0 bridgehead atoms. The minimum atomic E-state index is -4.40. The first-order valence-electron chi connectivity index (χ1n) is 12.7. The largest absolute Gasteiger partial charge is 0.416 e. The molecule has 1 aliphatic heterocycles. The Morgan fingerprint density at radius 1 is 0.976 bits per heavy atom. The van der Waals surface area contributed by atoms with Crippen LogP contribution in [0.2, 0.25) is 0 Å². The van der Waals surface area contributed by atoms with Gasteiger partial charge in [-0.3, -0.25) is 19.3 Å². The average molecular weight is 563 g/mol. The molecule has 1 atom stereocenters. The molecular weight excluding hydrogens is 537 g/mol. The molecule has 2 amide bonds. The van der Waals surface area contributed by atoms with E-state index < -0.39 is 35.4 Å². The van der Waals surface area contributed by atoms with E-state index in [0.29, 0.717) is 30.9 Å². The smallest absolute Gasteiger partial charge is 0.363 e. The van der Waals surface area contributed by atoms with E-state index in [1.807, 2.05) is 4.90 Å². The van der Waals surface area contributed by atoms with E-state index in [4.69, 9.17) is 5.73 Å². The SMILES string of the molecule is NC(=O)C(=O)C(Cc1ccccc1)NC(=O)c1cccnc1-n1ccc(CN2Cc3ccc(C(F)(F)F)cc3C2)n1. The zero-order chi connectivity index (χ0) is 29.1. The summed E-state index contributed by atoms with van der Waals surface area (Å²) in [6.45, 7) is 1.19. The molecule has 3 heterocycles. The highest BCUT2D eigenvalue weighted by atomic mass is 19.4. The maximum absolute atomic E-state index is 13.3. The van der Waals surface area contributed by atoms with Gasteiger partial charge in [0.05, 0.1) is 16.8 Å². The Kier molecular flexibility index (Phi) is 7.66. The Hall–Kier alpha value is -4.84. The molecule has 0 radical (unpaired) electrons. The van der Waals surface area contributed by atoms with Crippen molar-refractivity contribution in [2.24, 2.45) is 5.73 Å². The summed E-state index contributed by atoms with van der Waals surface area (Å²) in [5.41, 5.74) is 7.48. The first-order chi connectivity index (χ1) is 19.6. The second-order valence-electron chi connectivity index (χ2n) is 9.70. The average Bonchev–Trinajstić information content (AvgIpc) is 3.58. The number of carbonyl (C=O) groups excluding carboxylic acids is 3. The van der Waals surface area contributed by atoms with Gasteiger partial charge in [0.1, 0.15) is 6.04 Å². The van der Waals surface area contributed by atoms with Crippen molar-refractivity contribution in [2.75, 3.05) is 0 Å². The van der Waals surface area contributed by atoms with Gasteiger partial charge in [0.25, 0.3) is 11.8 Å². The quantitative estimate of drug-likeness (QED) is 0.302. The van der Waals surface area contributed by atoms with E-state index in [0.717, 1.165) is 17.2 Å². The molecule has 0 spiro atoms. The monoisotopic (exact) mass is 562 g/mol. The second kappa shape index (κ2) is 11.3. The lowest BCUT2D eigenvalue weighted by Crippen LogP contribution is -2.47. The lowest BCUT2D eigenvalue weighted by atomic mass is 10.0. The molecule has 12 heteroatoms. The molecule has 9 nitrogen and oxygen atoms in total. The molecule has 2 aromatic heterocycles. The number of hydrogen-bond acceptors (Lipinski definition) is 6. The Bertz CT molecular complexity index is 1600. The predicted octanol–water partition coefficient (Wildman–Crippen LogP) is 3.20. The van der Waals surface area contributed by atoms with Gasteiger partial charge in [0, 0.05) is 38.4 Å². The number of carbonyl (C=O) groups is 3. The van der Waals surface area contributed by atoms with Crippen molar-refractivity contribution in [2.45, 2.75) is 38.3 Å². The van der Waals surface area contributed by atoms with Crippen LogP contribution < -0.4 is 11.1 Å². The van der Waals surface area contributed by atoms with Gasteiger partial charge in [-0.1, -0.05) is 36.4 Å². The fraction of sp³-hybridized carbons (Fsp3) is 0.207. The third-order valence-electron chi connectivity index (χ3n) is 6.75. The number of nitrogens with zero attached hydrogens (tertiary/aromatic N) is 4. The molecule has 0 saturated heterocycles. The van der Waals surface area contributed by atoms with Crippen LogP contribution in [0.3, 0.4) is 0 Å². The summed E-state index contributed by atoms with van der Waals surface area (Å²) in [6, 6.07) is 16.3. The van der Waals surface area contributed by atoms with E-state index in [2.05, 4.69) is 15.4 Å². The van der Waals surface area contributed by atoms with Gasteiger partial charge >= 0.3 is 6.18 Å². The Balaban J connectivity index is 1.31.